The molecule has 1 aromatic carbocycles. The van der Waals surface area contributed by atoms with Crippen LogP contribution in [0.5, 0.6) is 5.75 Å². The summed E-state index contributed by atoms with van der Waals surface area (Å²) in [6.45, 7) is 1.69. The molecular weight excluding hydrogens is 248 g/mol. The van der Waals surface area contributed by atoms with Gasteiger partial charge in [0.05, 0.1) is 12.8 Å². The Bertz CT molecular complexity index is 543. The van der Waals surface area contributed by atoms with Gasteiger partial charge in [0.1, 0.15) is 11.3 Å². The van der Waals surface area contributed by atoms with Crippen molar-refractivity contribution in [2.45, 2.75) is 18.9 Å². The smallest absolute Gasteiger partial charge is 0.328 e. The fourth-order valence-corrected chi connectivity index (χ4v) is 2.40. The minimum Gasteiger partial charge on any atom is -0.495 e. The van der Waals surface area contributed by atoms with E-state index in [1.165, 1.54) is 18.9 Å². The van der Waals surface area contributed by atoms with E-state index in [-0.39, 0.29) is 18.9 Å². The molecule has 1 aliphatic rings. The lowest BCUT2D eigenvalue weighted by atomic mass is 9.82. The number of carboxylic acids is 1. The second-order valence-corrected chi connectivity index (χ2v) is 4.55. The zero-order valence-corrected chi connectivity index (χ0v) is 10.8. The summed E-state index contributed by atoms with van der Waals surface area (Å²) in [6.07, 6.45) is 0.169. The molecule has 0 fully saturated rings. The lowest BCUT2D eigenvalue weighted by Gasteiger charge is -2.38. The number of para-hydroxylation sites is 1. The molecule has 1 atom stereocenters. The summed E-state index contributed by atoms with van der Waals surface area (Å²) in [5, 5.41) is 9.36. The Morgan fingerprint density at radius 2 is 2.16 bits per heavy atom. The molecule has 6 heteroatoms. The maximum Gasteiger partial charge on any atom is 0.328 e. The van der Waals surface area contributed by atoms with Crippen LogP contribution in [0.2, 0.25) is 0 Å². The first-order valence-electron chi connectivity index (χ1n) is 5.89. The monoisotopic (exact) mass is 264 g/mol. The first-order valence-corrected chi connectivity index (χ1v) is 5.89. The third-order valence-corrected chi connectivity index (χ3v) is 3.46. The predicted molar refractivity (Wildman–Crippen MR) is 69.1 cm³/mol. The number of carbonyl (C=O) groups excluding carboxylic acids is 1. The summed E-state index contributed by atoms with van der Waals surface area (Å²) >= 11 is 0. The van der Waals surface area contributed by atoms with E-state index in [4.69, 9.17) is 10.5 Å². The SMILES string of the molecule is COc1cccc2c1N(C(C)=O)CCC2(N)C(=O)O. The number of aliphatic carboxylic acids is 1. The topological polar surface area (TPSA) is 92.9 Å². The number of hydrogen-bond donors (Lipinski definition) is 2. The summed E-state index contributed by atoms with van der Waals surface area (Å²) in [4.78, 5) is 24.6. The van der Waals surface area contributed by atoms with Gasteiger partial charge in [0.2, 0.25) is 5.91 Å². The molecule has 6 nitrogen and oxygen atoms in total. The van der Waals surface area contributed by atoms with Crippen LogP contribution in [0.4, 0.5) is 5.69 Å². The molecule has 0 aliphatic carbocycles. The van der Waals surface area contributed by atoms with Gasteiger partial charge in [-0.1, -0.05) is 12.1 Å². The quantitative estimate of drug-likeness (QED) is 0.819. The second-order valence-electron chi connectivity index (χ2n) is 4.55. The number of nitrogens with zero attached hydrogens (tertiary/aromatic N) is 1. The molecule has 2 rings (SSSR count). The number of nitrogens with two attached hydrogens (primary N) is 1. The van der Waals surface area contributed by atoms with Gasteiger partial charge in [0.25, 0.3) is 0 Å². The average Bonchev–Trinajstić information content (AvgIpc) is 2.38. The zero-order valence-electron chi connectivity index (χ0n) is 10.8. The minimum absolute atomic E-state index is 0.168. The number of carboxylic acid groups (broad SMARTS) is 1. The predicted octanol–water partition coefficient (Wildman–Crippen LogP) is 0.690. The number of anilines is 1. The fraction of sp³-hybridized carbons (Fsp3) is 0.385. The van der Waals surface area contributed by atoms with E-state index >= 15 is 0 Å². The van der Waals surface area contributed by atoms with Crippen LogP contribution in [0, 0.1) is 0 Å². The Labute approximate surface area is 110 Å². The number of amides is 1. The summed E-state index contributed by atoms with van der Waals surface area (Å²) < 4.78 is 5.22. The van der Waals surface area contributed by atoms with E-state index < -0.39 is 11.5 Å². The van der Waals surface area contributed by atoms with Gasteiger partial charge in [0.15, 0.2) is 0 Å². The lowest BCUT2D eigenvalue weighted by Crippen LogP contribution is -2.52. The number of rotatable bonds is 2. The highest BCUT2D eigenvalue weighted by Gasteiger charge is 2.44. The van der Waals surface area contributed by atoms with Gasteiger partial charge in [-0.3, -0.25) is 4.79 Å². The maximum absolute atomic E-state index is 11.7. The minimum atomic E-state index is -1.49. The van der Waals surface area contributed by atoms with Crippen molar-refractivity contribution in [3.8, 4) is 5.75 Å². The Kier molecular flexibility index (Phi) is 3.20. The van der Waals surface area contributed by atoms with Crippen molar-refractivity contribution in [3.05, 3.63) is 23.8 Å². The molecular formula is C13H16N2O4. The van der Waals surface area contributed by atoms with Crippen LogP contribution in [-0.4, -0.2) is 30.6 Å². The van der Waals surface area contributed by atoms with Crippen LogP contribution >= 0.6 is 0 Å². The van der Waals surface area contributed by atoms with E-state index in [1.54, 1.807) is 18.2 Å². The molecule has 1 amide bonds. The number of carbonyl (C=O) groups is 2. The van der Waals surface area contributed by atoms with Crippen molar-refractivity contribution in [2.75, 3.05) is 18.6 Å². The highest BCUT2D eigenvalue weighted by Crippen LogP contribution is 2.42. The first-order chi connectivity index (χ1) is 8.91. The van der Waals surface area contributed by atoms with Crippen LogP contribution in [0.1, 0.15) is 18.9 Å². The van der Waals surface area contributed by atoms with Gasteiger partial charge in [0, 0.05) is 19.0 Å². The molecule has 0 radical (unpaired) electrons. The molecule has 0 spiro atoms. The summed E-state index contributed by atoms with van der Waals surface area (Å²) in [5.41, 5.74) is 5.37. The standard InChI is InChI=1S/C13H16N2O4/c1-8(16)15-7-6-13(14,12(17)18)9-4-3-5-10(19-2)11(9)15/h3-5H,6-7,14H2,1-2H3,(H,17,18). The summed E-state index contributed by atoms with van der Waals surface area (Å²) in [7, 11) is 1.47. The van der Waals surface area contributed by atoms with Gasteiger partial charge in [-0.25, -0.2) is 4.79 Å². The molecule has 3 N–H and O–H groups in total. The largest absolute Gasteiger partial charge is 0.495 e. The number of hydrogen-bond acceptors (Lipinski definition) is 4. The third kappa shape index (κ3) is 1.94. The lowest BCUT2D eigenvalue weighted by molar-refractivity contribution is -0.144. The van der Waals surface area contributed by atoms with E-state index in [0.717, 1.165) is 0 Å². The van der Waals surface area contributed by atoms with E-state index in [2.05, 4.69) is 0 Å². The van der Waals surface area contributed by atoms with Crippen molar-refractivity contribution in [1.29, 1.82) is 0 Å². The van der Waals surface area contributed by atoms with Crippen molar-refractivity contribution in [1.82, 2.24) is 0 Å². The van der Waals surface area contributed by atoms with Gasteiger partial charge < -0.3 is 20.5 Å². The molecule has 19 heavy (non-hydrogen) atoms. The number of methoxy groups -OCH3 is 1. The van der Waals surface area contributed by atoms with Crippen LogP contribution in [0.15, 0.2) is 18.2 Å². The number of benzene rings is 1. The van der Waals surface area contributed by atoms with Gasteiger partial charge >= 0.3 is 5.97 Å². The molecule has 1 aliphatic heterocycles. The molecule has 0 saturated carbocycles. The molecule has 1 aromatic rings. The van der Waals surface area contributed by atoms with Crippen LogP contribution < -0.4 is 15.4 Å². The molecule has 102 valence electrons. The summed E-state index contributed by atoms with van der Waals surface area (Å²) in [6, 6.07) is 4.98. The van der Waals surface area contributed by atoms with Crippen LogP contribution in [0.3, 0.4) is 0 Å². The van der Waals surface area contributed by atoms with Gasteiger partial charge in [-0.2, -0.15) is 0 Å². The van der Waals surface area contributed by atoms with Gasteiger partial charge in [-0.15, -0.1) is 0 Å². The van der Waals surface area contributed by atoms with Crippen molar-refractivity contribution >= 4 is 17.6 Å². The van der Waals surface area contributed by atoms with E-state index in [9.17, 15) is 14.7 Å². The fourth-order valence-electron chi connectivity index (χ4n) is 2.40. The maximum atomic E-state index is 11.7. The number of ether oxygens (including phenoxy) is 1. The number of fused-ring (bicyclic) bond motifs is 1. The van der Waals surface area contributed by atoms with Crippen molar-refractivity contribution in [3.63, 3.8) is 0 Å². The van der Waals surface area contributed by atoms with E-state index in [1.807, 2.05) is 0 Å². The van der Waals surface area contributed by atoms with Crippen LogP contribution in [-0.2, 0) is 15.1 Å². The Morgan fingerprint density at radius 3 is 2.68 bits per heavy atom. The zero-order chi connectivity index (χ0) is 14.2. The molecule has 1 unspecified atom stereocenters. The third-order valence-electron chi connectivity index (χ3n) is 3.46. The van der Waals surface area contributed by atoms with Gasteiger partial charge in [-0.05, 0) is 12.5 Å². The molecule has 0 saturated heterocycles. The summed E-state index contributed by atoms with van der Waals surface area (Å²) in [5.74, 6) is -0.827. The first kappa shape index (κ1) is 13.4. The molecule has 0 aromatic heterocycles. The highest BCUT2D eigenvalue weighted by molar-refractivity contribution is 5.97. The van der Waals surface area contributed by atoms with Crippen molar-refractivity contribution < 1.29 is 19.4 Å². The Balaban J connectivity index is 2.69. The normalized spacial score (nSPS) is 21.7. The Morgan fingerprint density at radius 1 is 1.47 bits per heavy atom. The molecule has 1 heterocycles. The van der Waals surface area contributed by atoms with Crippen LogP contribution in [0.25, 0.3) is 0 Å². The second kappa shape index (κ2) is 4.55. The Hall–Kier alpha value is -2.08. The average molecular weight is 264 g/mol. The van der Waals surface area contributed by atoms with E-state index in [0.29, 0.717) is 17.0 Å². The highest BCUT2D eigenvalue weighted by atomic mass is 16.5. The van der Waals surface area contributed by atoms with Crippen molar-refractivity contribution in [2.24, 2.45) is 5.73 Å². The molecule has 0 bridgehead atoms.